The first-order valence-electron chi connectivity index (χ1n) is 6.66. The molecule has 0 saturated heterocycles. The standard InChI is InChI=1S/C10H13N7O3S2.CH4O3S/c11-8(17-22(14,18)19)3-5-1-2-7(20-5)6-4-21-10(15-6)16-9(12)13;1-5(2,3)4/h1-2,4H,3H2,(H2,11,17)(H2,14,18,19)(H4,12,13,15,16);1H3,(H,2,3,4). The zero-order valence-electron chi connectivity index (χ0n) is 13.8. The number of aromatic nitrogens is 1. The number of hydrogen-bond donors (Lipinski definition) is 5. The summed E-state index contributed by atoms with van der Waals surface area (Å²) in [5.41, 5.74) is 16.5. The molecule has 0 aliphatic heterocycles. The molecule has 0 radical (unpaired) electrons. The molecule has 0 aromatic carbocycles. The van der Waals surface area contributed by atoms with Crippen LogP contribution in [0, 0.1) is 0 Å². The molecule has 2 rings (SSSR count). The Hall–Kier alpha value is -2.53. The second-order valence-corrected chi connectivity index (χ2v) is 8.34. The third kappa shape index (κ3) is 10.3. The highest BCUT2D eigenvalue weighted by Gasteiger charge is 2.11. The monoisotopic (exact) mass is 439 g/mol. The van der Waals surface area contributed by atoms with Gasteiger partial charge in [-0.3, -0.25) is 4.55 Å². The van der Waals surface area contributed by atoms with Crippen LogP contribution in [-0.4, -0.2) is 44.4 Å². The molecular formula is C11H17N7O6S3. The van der Waals surface area contributed by atoms with Crippen LogP contribution in [0.2, 0.25) is 0 Å². The summed E-state index contributed by atoms with van der Waals surface area (Å²) in [6.07, 6.45) is 0.717. The van der Waals surface area contributed by atoms with E-state index in [2.05, 4.69) is 14.4 Å². The number of furan rings is 1. The Bertz CT molecular complexity index is 1040. The predicted molar refractivity (Wildman–Crippen MR) is 101 cm³/mol. The minimum Gasteiger partial charge on any atom is -0.459 e. The Morgan fingerprint density at radius 2 is 1.85 bits per heavy atom. The van der Waals surface area contributed by atoms with E-state index >= 15 is 0 Å². The molecule has 0 saturated carbocycles. The van der Waals surface area contributed by atoms with Gasteiger partial charge in [-0.1, -0.05) is 0 Å². The van der Waals surface area contributed by atoms with Gasteiger partial charge in [0.2, 0.25) is 5.13 Å². The number of guanidine groups is 1. The lowest BCUT2D eigenvalue weighted by Crippen LogP contribution is -2.21. The lowest BCUT2D eigenvalue weighted by atomic mass is 10.3. The van der Waals surface area contributed by atoms with Crippen LogP contribution < -0.4 is 22.3 Å². The highest BCUT2D eigenvalue weighted by molar-refractivity contribution is 7.88. The van der Waals surface area contributed by atoms with Crippen molar-refractivity contribution in [2.45, 2.75) is 6.42 Å². The second kappa shape index (κ2) is 8.91. The summed E-state index contributed by atoms with van der Waals surface area (Å²) in [5, 5.41) is 6.87. The van der Waals surface area contributed by atoms with Gasteiger partial charge in [0.1, 0.15) is 17.3 Å². The maximum absolute atomic E-state index is 10.8. The molecule has 0 aliphatic carbocycles. The van der Waals surface area contributed by atoms with Crippen LogP contribution in [0.1, 0.15) is 5.76 Å². The first kappa shape index (κ1) is 22.5. The fraction of sp³-hybridized carbons (Fsp3) is 0.182. The van der Waals surface area contributed by atoms with Crippen molar-refractivity contribution in [3.8, 4) is 11.5 Å². The highest BCUT2D eigenvalue weighted by Crippen LogP contribution is 2.28. The van der Waals surface area contributed by atoms with E-state index in [-0.39, 0.29) is 18.2 Å². The smallest absolute Gasteiger partial charge is 0.318 e. The van der Waals surface area contributed by atoms with E-state index in [1.807, 2.05) is 0 Å². The van der Waals surface area contributed by atoms with Crippen LogP contribution >= 0.6 is 11.3 Å². The SMILES string of the molecule is CS(=O)(=O)O.NC(N)=Nc1nc(-c2ccc(C/C(N)=N\S(N)(=O)=O)o2)cs1. The second-order valence-electron chi connectivity index (χ2n) is 4.83. The van der Waals surface area contributed by atoms with Gasteiger partial charge in [-0.25, -0.2) is 10.1 Å². The minimum atomic E-state index is -4.02. The lowest BCUT2D eigenvalue weighted by molar-refractivity contribution is 0.490. The van der Waals surface area contributed by atoms with Crippen molar-refractivity contribution < 1.29 is 25.8 Å². The van der Waals surface area contributed by atoms with Crippen molar-refractivity contribution in [1.82, 2.24) is 4.98 Å². The van der Waals surface area contributed by atoms with Gasteiger partial charge in [0.15, 0.2) is 11.7 Å². The van der Waals surface area contributed by atoms with Crippen LogP contribution in [0.5, 0.6) is 0 Å². The minimum absolute atomic E-state index is 0.00131. The van der Waals surface area contributed by atoms with E-state index in [4.69, 9.17) is 31.3 Å². The number of rotatable bonds is 5. The van der Waals surface area contributed by atoms with Crippen molar-refractivity contribution in [2.75, 3.05) is 6.26 Å². The number of thiazole rings is 1. The normalized spacial score (nSPS) is 12.2. The Kier molecular flexibility index (Phi) is 7.43. The Morgan fingerprint density at radius 1 is 1.26 bits per heavy atom. The van der Waals surface area contributed by atoms with Gasteiger partial charge in [-0.15, -0.1) is 15.7 Å². The third-order valence-electron chi connectivity index (χ3n) is 2.23. The molecule has 0 atom stereocenters. The van der Waals surface area contributed by atoms with E-state index in [0.29, 0.717) is 28.6 Å². The summed E-state index contributed by atoms with van der Waals surface area (Å²) < 4.78 is 56.1. The molecule has 2 aromatic heterocycles. The Morgan fingerprint density at radius 3 is 2.37 bits per heavy atom. The molecule has 0 amide bonds. The summed E-state index contributed by atoms with van der Waals surface area (Å²) in [4.78, 5) is 7.99. The summed E-state index contributed by atoms with van der Waals surface area (Å²) >= 11 is 1.24. The van der Waals surface area contributed by atoms with Crippen LogP contribution in [0.4, 0.5) is 5.13 Å². The predicted octanol–water partition coefficient (Wildman–Crippen LogP) is -1.08. The average molecular weight is 440 g/mol. The first-order valence-corrected chi connectivity index (χ1v) is 10.9. The number of hydrogen-bond acceptors (Lipinski definition) is 8. The van der Waals surface area contributed by atoms with Gasteiger partial charge >= 0.3 is 10.2 Å². The van der Waals surface area contributed by atoms with Crippen LogP contribution in [0.15, 0.2) is 31.3 Å². The molecule has 0 fully saturated rings. The molecule has 0 bridgehead atoms. The van der Waals surface area contributed by atoms with Crippen LogP contribution in [0.3, 0.4) is 0 Å². The largest absolute Gasteiger partial charge is 0.459 e. The van der Waals surface area contributed by atoms with E-state index in [1.54, 1.807) is 17.5 Å². The number of amidine groups is 1. The summed E-state index contributed by atoms with van der Waals surface area (Å²) in [7, 11) is -7.69. The van der Waals surface area contributed by atoms with Crippen molar-refractivity contribution in [2.24, 2.45) is 31.7 Å². The number of nitrogens with zero attached hydrogens (tertiary/aromatic N) is 3. The molecule has 27 heavy (non-hydrogen) atoms. The van der Waals surface area contributed by atoms with Gasteiger partial charge in [0.05, 0.1) is 12.7 Å². The molecule has 9 N–H and O–H groups in total. The third-order valence-corrected chi connectivity index (χ3v) is 3.45. The summed E-state index contributed by atoms with van der Waals surface area (Å²) in [6.45, 7) is 0. The average Bonchev–Trinajstić information content (AvgIpc) is 3.02. The van der Waals surface area contributed by atoms with Gasteiger partial charge in [-0.2, -0.15) is 21.8 Å². The molecule has 16 heteroatoms. The van der Waals surface area contributed by atoms with E-state index in [0.717, 1.165) is 0 Å². The van der Waals surface area contributed by atoms with Gasteiger partial charge in [0, 0.05) is 5.38 Å². The molecular weight excluding hydrogens is 422 g/mol. The van der Waals surface area contributed by atoms with E-state index < -0.39 is 20.3 Å². The maximum atomic E-state index is 10.8. The fourth-order valence-electron chi connectivity index (χ4n) is 1.52. The van der Waals surface area contributed by atoms with Crippen molar-refractivity contribution in [3.05, 3.63) is 23.3 Å². The van der Waals surface area contributed by atoms with Gasteiger partial charge in [-0.05, 0) is 12.1 Å². The molecule has 0 spiro atoms. The quantitative estimate of drug-likeness (QED) is 0.214. The topological polar surface area (TPSA) is 243 Å². The summed E-state index contributed by atoms with van der Waals surface area (Å²) in [6, 6.07) is 3.29. The number of nitrogens with two attached hydrogens (primary N) is 4. The molecule has 150 valence electrons. The fourth-order valence-corrected chi connectivity index (χ4v) is 2.61. The van der Waals surface area contributed by atoms with Crippen molar-refractivity contribution >= 4 is 48.6 Å². The van der Waals surface area contributed by atoms with E-state index in [9.17, 15) is 16.8 Å². The first-order chi connectivity index (χ1) is 12.2. The van der Waals surface area contributed by atoms with Crippen LogP contribution in [0.25, 0.3) is 11.5 Å². The van der Waals surface area contributed by atoms with Crippen molar-refractivity contribution in [3.63, 3.8) is 0 Å². The Balaban J connectivity index is 0.000000646. The Labute approximate surface area is 158 Å². The van der Waals surface area contributed by atoms with Crippen molar-refractivity contribution in [1.29, 1.82) is 0 Å². The van der Waals surface area contributed by atoms with Gasteiger partial charge in [0.25, 0.3) is 10.1 Å². The lowest BCUT2D eigenvalue weighted by Gasteiger charge is -1.96. The zero-order valence-corrected chi connectivity index (χ0v) is 16.3. The molecule has 13 nitrogen and oxygen atoms in total. The zero-order chi connectivity index (χ0) is 20.8. The number of aliphatic imine (C=N–C) groups is 1. The van der Waals surface area contributed by atoms with Gasteiger partial charge < -0.3 is 21.6 Å². The molecule has 2 heterocycles. The maximum Gasteiger partial charge on any atom is 0.318 e. The van der Waals surface area contributed by atoms with Crippen LogP contribution in [-0.2, 0) is 26.7 Å². The summed E-state index contributed by atoms with van der Waals surface area (Å²) in [5.74, 6) is 0.610. The highest BCUT2D eigenvalue weighted by atomic mass is 32.2. The molecule has 0 unspecified atom stereocenters. The molecule has 2 aromatic rings. The molecule has 0 aliphatic rings. The van der Waals surface area contributed by atoms with E-state index in [1.165, 1.54) is 11.3 Å².